The molecule has 9 nitrogen and oxygen atoms in total. The molecule has 2 N–H and O–H groups in total. The number of nitrogens with one attached hydrogen (secondary N) is 1. The van der Waals surface area contributed by atoms with E-state index in [-0.39, 0.29) is 29.1 Å². The number of piperidine rings is 1. The summed E-state index contributed by atoms with van der Waals surface area (Å²) in [6.07, 6.45) is 1.90. The fourth-order valence-electron chi connectivity index (χ4n) is 5.85. The van der Waals surface area contributed by atoms with Gasteiger partial charge in [0.25, 0.3) is 15.9 Å². The van der Waals surface area contributed by atoms with Crippen LogP contribution in [0, 0.1) is 6.92 Å². The van der Waals surface area contributed by atoms with Crippen LogP contribution in [0.4, 0.5) is 11.4 Å². The number of carboxylic acids is 1. The molecule has 6 rings (SSSR count). The van der Waals surface area contributed by atoms with Crippen molar-refractivity contribution in [3.05, 3.63) is 110 Å². The van der Waals surface area contributed by atoms with Crippen LogP contribution in [-0.4, -0.2) is 51.1 Å². The Labute approximate surface area is 279 Å². The first-order chi connectivity index (χ1) is 22.1. The number of carbonyl (C=O) groups excluding carboxylic acids is 1. The lowest BCUT2D eigenvalue weighted by Gasteiger charge is -2.37. The second-order valence-electron chi connectivity index (χ2n) is 11.2. The van der Waals surface area contributed by atoms with E-state index in [0.717, 1.165) is 15.7 Å². The van der Waals surface area contributed by atoms with Crippen LogP contribution < -0.4 is 14.5 Å². The Hall–Kier alpha value is -4.13. The van der Waals surface area contributed by atoms with Crippen LogP contribution in [0.2, 0.25) is 0 Å². The first-order valence-electron chi connectivity index (χ1n) is 14.8. The highest BCUT2D eigenvalue weighted by Crippen LogP contribution is 2.36. The molecule has 0 aliphatic carbocycles. The fourth-order valence-corrected chi connectivity index (χ4v) is 8.81. The number of hydrogen-bond acceptors (Lipinski definition) is 7. The van der Waals surface area contributed by atoms with Crippen LogP contribution in [0.15, 0.2) is 98.0 Å². The molecule has 1 fully saturated rings. The normalized spacial score (nSPS) is 14.0. The van der Waals surface area contributed by atoms with Gasteiger partial charge in [-0.1, -0.05) is 42.5 Å². The minimum Gasteiger partial charge on any atom is -0.475 e. The summed E-state index contributed by atoms with van der Waals surface area (Å²) >= 11 is 4.83. The summed E-state index contributed by atoms with van der Waals surface area (Å²) in [5, 5.41) is 15.0. The van der Waals surface area contributed by atoms with Gasteiger partial charge < -0.3 is 19.7 Å². The smallest absolute Gasteiger partial charge is 0.372 e. The van der Waals surface area contributed by atoms with Gasteiger partial charge in [-0.25, -0.2) is 13.2 Å². The maximum Gasteiger partial charge on any atom is 0.372 e. The van der Waals surface area contributed by atoms with Crippen molar-refractivity contribution in [1.82, 2.24) is 5.32 Å². The van der Waals surface area contributed by atoms with E-state index in [0.29, 0.717) is 59.4 Å². The van der Waals surface area contributed by atoms with E-state index in [2.05, 4.69) is 26.1 Å². The van der Waals surface area contributed by atoms with Crippen LogP contribution >= 0.6 is 27.3 Å². The van der Waals surface area contributed by atoms with Gasteiger partial charge in [-0.2, -0.15) is 0 Å². The highest BCUT2D eigenvalue weighted by Gasteiger charge is 2.31. The number of halogens is 1. The standard InChI is InChI=1S/C34H32BrN3O6S2/c1-22-26-21-25(11-12-30(26)44-31(22)34(40)41)46(42,43)38(19-13-23-7-3-2-4-8-23)29-10-6-5-9-28(29)37-17-14-24(15-18-37)36-33(39)32-27(35)16-20-45-32/h2-12,16,20-21,24H,13-15,17-19H2,1H3,(H,36,39)(H,40,41). The van der Waals surface area contributed by atoms with Crippen molar-refractivity contribution in [2.45, 2.75) is 37.1 Å². The van der Waals surface area contributed by atoms with Crippen LogP contribution in [-0.2, 0) is 16.4 Å². The SMILES string of the molecule is Cc1c(C(=O)O)oc2ccc(S(=O)(=O)N(CCc3ccccc3)c3ccccc3N3CCC(NC(=O)c4sccc4Br)CC3)cc12. The molecule has 0 spiro atoms. The van der Waals surface area contributed by atoms with Crippen molar-refractivity contribution in [2.75, 3.05) is 28.8 Å². The number of fused-ring (bicyclic) bond motifs is 1. The molecule has 3 aromatic carbocycles. The number of aryl methyl sites for hydroxylation is 1. The molecule has 2 aromatic heterocycles. The van der Waals surface area contributed by atoms with Crippen LogP contribution in [0.3, 0.4) is 0 Å². The summed E-state index contributed by atoms with van der Waals surface area (Å²) in [5.41, 5.74) is 3.03. The Morgan fingerprint density at radius 3 is 2.46 bits per heavy atom. The predicted molar refractivity (Wildman–Crippen MR) is 184 cm³/mol. The zero-order chi connectivity index (χ0) is 32.4. The van der Waals surface area contributed by atoms with Crippen LogP contribution in [0.1, 0.15) is 44.2 Å². The summed E-state index contributed by atoms with van der Waals surface area (Å²) < 4.78 is 36.7. The van der Waals surface area contributed by atoms with Gasteiger partial charge in [0.15, 0.2) is 0 Å². The lowest BCUT2D eigenvalue weighted by Crippen LogP contribution is -2.45. The molecule has 46 heavy (non-hydrogen) atoms. The largest absolute Gasteiger partial charge is 0.475 e. The number of carboxylic acid groups (broad SMARTS) is 1. The number of aromatic carboxylic acids is 1. The number of para-hydroxylation sites is 2. The van der Waals surface area contributed by atoms with Gasteiger partial charge in [0, 0.05) is 41.1 Å². The third kappa shape index (κ3) is 6.42. The van der Waals surface area contributed by atoms with Gasteiger partial charge in [0.1, 0.15) is 10.5 Å². The average Bonchev–Trinajstić information content (AvgIpc) is 3.64. The number of benzene rings is 3. The maximum atomic E-state index is 14.5. The maximum absolute atomic E-state index is 14.5. The molecule has 0 radical (unpaired) electrons. The molecular weight excluding hydrogens is 690 g/mol. The molecule has 238 valence electrons. The molecule has 12 heteroatoms. The van der Waals surface area contributed by atoms with E-state index in [1.165, 1.54) is 33.8 Å². The van der Waals surface area contributed by atoms with Gasteiger partial charge >= 0.3 is 5.97 Å². The van der Waals surface area contributed by atoms with Crippen molar-refractivity contribution in [2.24, 2.45) is 0 Å². The van der Waals surface area contributed by atoms with E-state index in [1.807, 2.05) is 66.0 Å². The minimum absolute atomic E-state index is 0.00319. The summed E-state index contributed by atoms with van der Waals surface area (Å²) in [7, 11) is -4.10. The van der Waals surface area contributed by atoms with Gasteiger partial charge in [0.05, 0.1) is 16.3 Å². The quantitative estimate of drug-likeness (QED) is 0.158. The zero-order valence-electron chi connectivity index (χ0n) is 25.0. The van der Waals surface area contributed by atoms with E-state index in [4.69, 9.17) is 4.42 Å². The van der Waals surface area contributed by atoms with Crippen molar-refractivity contribution >= 4 is 71.5 Å². The molecule has 1 amide bonds. The zero-order valence-corrected chi connectivity index (χ0v) is 28.2. The number of nitrogens with zero attached hydrogens (tertiary/aromatic N) is 2. The van der Waals surface area contributed by atoms with Gasteiger partial charge in [0.2, 0.25) is 5.76 Å². The molecule has 5 aromatic rings. The van der Waals surface area contributed by atoms with Crippen LogP contribution in [0.5, 0.6) is 0 Å². The summed E-state index contributed by atoms with van der Waals surface area (Å²) in [6.45, 7) is 3.07. The topological polar surface area (TPSA) is 120 Å². The number of furan rings is 1. The predicted octanol–water partition coefficient (Wildman–Crippen LogP) is 7.10. The Kier molecular flexibility index (Phi) is 9.21. The number of carbonyl (C=O) groups is 2. The van der Waals surface area contributed by atoms with E-state index < -0.39 is 16.0 Å². The lowest BCUT2D eigenvalue weighted by atomic mass is 10.0. The summed E-state index contributed by atoms with van der Waals surface area (Å²) in [6, 6.07) is 23.5. The Morgan fingerprint density at radius 2 is 1.76 bits per heavy atom. The third-order valence-electron chi connectivity index (χ3n) is 8.28. The monoisotopic (exact) mass is 721 g/mol. The molecule has 0 bridgehead atoms. The van der Waals surface area contributed by atoms with Gasteiger partial charge in [-0.05, 0) is 89.5 Å². The molecular formula is C34H32BrN3O6S2. The number of sulfonamides is 1. The van der Waals surface area contributed by atoms with Crippen molar-refractivity contribution in [3.63, 3.8) is 0 Å². The second-order valence-corrected chi connectivity index (χ2v) is 14.8. The Balaban J connectivity index is 1.31. The molecule has 1 saturated heterocycles. The first-order valence-corrected chi connectivity index (χ1v) is 18.0. The fraction of sp³-hybridized carbons (Fsp3) is 0.235. The number of hydrogen-bond donors (Lipinski definition) is 2. The highest BCUT2D eigenvalue weighted by atomic mass is 79.9. The molecule has 0 atom stereocenters. The summed E-state index contributed by atoms with van der Waals surface area (Å²) in [4.78, 5) is 27.3. The number of thiophene rings is 1. The third-order valence-corrected chi connectivity index (χ3v) is 11.9. The molecule has 3 heterocycles. The highest BCUT2D eigenvalue weighted by molar-refractivity contribution is 9.10. The van der Waals surface area contributed by atoms with Crippen LogP contribution in [0.25, 0.3) is 11.0 Å². The van der Waals surface area contributed by atoms with E-state index in [9.17, 15) is 23.1 Å². The number of rotatable bonds is 10. The molecule has 1 aliphatic heterocycles. The van der Waals surface area contributed by atoms with E-state index in [1.54, 1.807) is 6.92 Å². The van der Waals surface area contributed by atoms with Crippen molar-refractivity contribution in [1.29, 1.82) is 0 Å². The molecule has 0 saturated carbocycles. The Bertz CT molecular complexity index is 2000. The van der Waals surface area contributed by atoms with Gasteiger partial charge in [-0.3, -0.25) is 9.10 Å². The second kappa shape index (κ2) is 13.3. The number of amides is 1. The summed E-state index contributed by atoms with van der Waals surface area (Å²) in [5.74, 6) is -1.52. The lowest BCUT2D eigenvalue weighted by molar-refractivity contribution is 0.0663. The van der Waals surface area contributed by atoms with E-state index >= 15 is 0 Å². The minimum atomic E-state index is -4.10. The Morgan fingerprint density at radius 1 is 1.04 bits per heavy atom. The number of anilines is 2. The van der Waals surface area contributed by atoms with Gasteiger partial charge in [-0.15, -0.1) is 11.3 Å². The van der Waals surface area contributed by atoms with Crippen molar-refractivity contribution < 1.29 is 27.5 Å². The molecule has 0 unspecified atom stereocenters. The first kappa shape index (κ1) is 31.8. The van der Waals surface area contributed by atoms with Crippen molar-refractivity contribution in [3.8, 4) is 0 Å². The average molecular weight is 723 g/mol. The molecule has 1 aliphatic rings.